The Kier molecular flexibility index (Phi) is 3.71. The predicted octanol–water partition coefficient (Wildman–Crippen LogP) is 1.62. The molecule has 2 aromatic rings. The molecule has 1 fully saturated rings. The van der Waals surface area contributed by atoms with Crippen molar-refractivity contribution in [1.29, 1.82) is 0 Å². The Morgan fingerprint density at radius 2 is 1.96 bits per heavy atom. The first-order valence-electron chi connectivity index (χ1n) is 7.62. The number of rotatable bonds is 2. The Morgan fingerprint density at radius 3 is 2.61 bits per heavy atom. The summed E-state index contributed by atoms with van der Waals surface area (Å²) >= 11 is 0. The van der Waals surface area contributed by atoms with Crippen LogP contribution in [0.15, 0.2) is 18.5 Å². The Hall–Kier alpha value is -2.57. The van der Waals surface area contributed by atoms with E-state index in [9.17, 15) is 4.79 Å². The number of carbonyl (C=O) groups excluding carboxylic acids is 1. The molecule has 0 bridgehead atoms. The Labute approximate surface area is 135 Å². The van der Waals surface area contributed by atoms with Crippen LogP contribution in [0, 0.1) is 13.8 Å². The molecule has 23 heavy (non-hydrogen) atoms. The molecule has 1 atom stereocenters. The van der Waals surface area contributed by atoms with Crippen molar-refractivity contribution in [2.24, 2.45) is 0 Å². The van der Waals surface area contributed by atoms with Gasteiger partial charge in [-0.2, -0.15) is 0 Å². The van der Waals surface area contributed by atoms with Crippen molar-refractivity contribution in [2.45, 2.75) is 39.2 Å². The van der Waals surface area contributed by atoms with Crippen LogP contribution in [0.4, 0.5) is 5.82 Å². The van der Waals surface area contributed by atoms with E-state index in [-0.39, 0.29) is 5.91 Å². The lowest BCUT2D eigenvalue weighted by atomic mass is 9.97. The maximum Gasteiger partial charge on any atom is 0.257 e. The SMILES string of the molecule is Cc1cc(N)nc(C2(C)CCCN2C(=O)c2cnc(C)nc2)n1. The molecule has 1 unspecified atom stereocenters. The molecule has 7 heteroatoms. The zero-order valence-electron chi connectivity index (χ0n) is 13.6. The maximum atomic E-state index is 12.9. The molecule has 1 aliphatic heterocycles. The van der Waals surface area contributed by atoms with Crippen LogP contribution in [0.2, 0.25) is 0 Å². The van der Waals surface area contributed by atoms with Crippen LogP contribution >= 0.6 is 0 Å². The van der Waals surface area contributed by atoms with Crippen molar-refractivity contribution in [3.05, 3.63) is 41.4 Å². The minimum absolute atomic E-state index is 0.103. The normalized spacial score (nSPS) is 20.7. The third-order valence-electron chi connectivity index (χ3n) is 4.27. The van der Waals surface area contributed by atoms with Gasteiger partial charge in [0.2, 0.25) is 0 Å². The Balaban J connectivity index is 1.98. The minimum Gasteiger partial charge on any atom is -0.384 e. The second-order valence-electron chi connectivity index (χ2n) is 6.11. The van der Waals surface area contributed by atoms with Gasteiger partial charge in [0, 0.05) is 30.7 Å². The van der Waals surface area contributed by atoms with E-state index in [4.69, 9.17) is 5.73 Å². The van der Waals surface area contributed by atoms with Crippen molar-refractivity contribution in [3.8, 4) is 0 Å². The number of hydrogen-bond acceptors (Lipinski definition) is 6. The fourth-order valence-corrected chi connectivity index (χ4v) is 3.01. The second kappa shape index (κ2) is 5.57. The number of aryl methyl sites for hydroxylation is 2. The fraction of sp³-hybridized carbons (Fsp3) is 0.438. The predicted molar refractivity (Wildman–Crippen MR) is 85.6 cm³/mol. The summed E-state index contributed by atoms with van der Waals surface area (Å²) in [6, 6.07) is 1.72. The van der Waals surface area contributed by atoms with Crippen LogP contribution in [-0.4, -0.2) is 37.3 Å². The highest BCUT2D eigenvalue weighted by molar-refractivity contribution is 5.94. The van der Waals surface area contributed by atoms with Crippen LogP contribution in [-0.2, 0) is 5.54 Å². The standard InChI is InChI=1S/C16H20N6O/c1-10-7-13(17)21-15(20-10)16(3)5-4-6-22(16)14(23)12-8-18-11(2)19-9-12/h7-9H,4-6H2,1-3H3,(H2,17,20,21). The van der Waals surface area contributed by atoms with Crippen LogP contribution < -0.4 is 5.73 Å². The van der Waals surface area contributed by atoms with Crippen LogP contribution in [0.1, 0.15) is 47.5 Å². The molecule has 3 heterocycles. The van der Waals surface area contributed by atoms with Crippen molar-refractivity contribution >= 4 is 11.7 Å². The number of likely N-dealkylation sites (tertiary alicyclic amines) is 1. The van der Waals surface area contributed by atoms with E-state index < -0.39 is 5.54 Å². The number of nitrogens with two attached hydrogens (primary N) is 1. The highest BCUT2D eigenvalue weighted by Crippen LogP contribution is 2.37. The third kappa shape index (κ3) is 2.74. The van der Waals surface area contributed by atoms with Gasteiger partial charge in [0.05, 0.1) is 5.56 Å². The summed E-state index contributed by atoms with van der Waals surface area (Å²) in [5.41, 5.74) is 6.57. The molecule has 0 aliphatic carbocycles. The van der Waals surface area contributed by atoms with E-state index in [0.717, 1.165) is 18.5 Å². The zero-order valence-corrected chi connectivity index (χ0v) is 13.6. The summed E-state index contributed by atoms with van der Waals surface area (Å²) in [6.45, 7) is 6.30. The van der Waals surface area contributed by atoms with Gasteiger partial charge in [0.1, 0.15) is 17.2 Å². The van der Waals surface area contributed by atoms with Gasteiger partial charge in [0.25, 0.3) is 5.91 Å². The molecular formula is C16H20N6O. The minimum atomic E-state index is -0.567. The summed E-state index contributed by atoms with van der Waals surface area (Å²) in [4.78, 5) is 31.8. The number of nitrogens with zero attached hydrogens (tertiary/aromatic N) is 5. The van der Waals surface area contributed by atoms with Gasteiger partial charge in [-0.25, -0.2) is 19.9 Å². The van der Waals surface area contributed by atoms with Gasteiger partial charge in [-0.15, -0.1) is 0 Å². The molecule has 0 aromatic carbocycles. The van der Waals surface area contributed by atoms with Crippen LogP contribution in [0.5, 0.6) is 0 Å². The molecule has 0 spiro atoms. The molecule has 2 N–H and O–H groups in total. The smallest absolute Gasteiger partial charge is 0.257 e. The summed E-state index contributed by atoms with van der Waals surface area (Å²) in [6.07, 6.45) is 4.82. The van der Waals surface area contributed by atoms with Gasteiger partial charge < -0.3 is 10.6 Å². The first kappa shape index (κ1) is 15.3. The topological polar surface area (TPSA) is 97.9 Å². The van der Waals surface area contributed by atoms with Crippen molar-refractivity contribution in [3.63, 3.8) is 0 Å². The van der Waals surface area contributed by atoms with E-state index in [1.807, 2.05) is 13.8 Å². The van der Waals surface area contributed by atoms with E-state index in [1.165, 1.54) is 0 Å². The van der Waals surface area contributed by atoms with Crippen LogP contribution in [0.3, 0.4) is 0 Å². The Morgan fingerprint density at radius 1 is 1.26 bits per heavy atom. The van der Waals surface area contributed by atoms with E-state index in [2.05, 4.69) is 19.9 Å². The summed E-state index contributed by atoms with van der Waals surface area (Å²) in [5.74, 6) is 1.55. The molecule has 0 saturated carbocycles. The third-order valence-corrected chi connectivity index (χ3v) is 4.27. The van der Waals surface area contributed by atoms with Crippen molar-refractivity contribution < 1.29 is 4.79 Å². The lowest BCUT2D eigenvalue weighted by Gasteiger charge is -2.34. The molecule has 1 amide bonds. The van der Waals surface area contributed by atoms with Gasteiger partial charge in [-0.3, -0.25) is 4.79 Å². The summed E-state index contributed by atoms with van der Waals surface area (Å²) < 4.78 is 0. The molecule has 120 valence electrons. The number of nitrogen functional groups attached to an aromatic ring is 1. The summed E-state index contributed by atoms with van der Waals surface area (Å²) in [5, 5.41) is 0. The second-order valence-corrected chi connectivity index (χ2v) is 6.11. The number of carbonyl (C=O) groups is 1. The first-order chi connectivity index (χ1) is 10.9. The molecule has 2 aromatic heterocycles. The van der Waals surface area contributed by atoms with Crippen LogP contribution in [0.25, 0.3) is 0 Å². The monoisotopic (exact) mass is 312 g/mol. The van der Waals surface area contributed by atoms with E-state index in [0.29, 0.717) is 29.6 Å². The highest BCUT2D eigenvalue weighted by Gasteiger charge is 2.44. The molecule has 7 nitrogen and oxygen atoms in total. The average Bonchev–Trinajstić information content (AvgIpc) is 2.89. The van der Waals surface area contributed by atoms with E-state index >= 15 is 0 Å². The zero-order chi connectivity index (χ0) is 16.6. The fourth-order valence-electron chi connectivity index (χ4n) is 3.01. The first-order valence-corrected chi connectivity index (χ1v) is 7.62. The molecule has 0 radical (unpaired) electrons. The average molecular weight is 312 g/mol. The molecular weight excluding hydrogens is 292 g/mol. The van der Waals surface area contributed by atoms with Crippen molar-refractivity contribution in [1.82, 2.24) is 24.8 Å². The molecule has 3 rings (SSSR count). The highest BCUT2D eigenvalue weighted by atomic mass is 16.2. The number of hydrogen-bond donors (Lipinski definition) is 1. The quantitative estimate of drug-likeness (QED) is 0.904. The van der Waals surface area contributed by atoms with E-state index in [1.54, 1.807) is 30.3 Å². The van der Waals surface area contributed by atoms with Gasteiger partial charge in [-0.05, 0) is 33.6 Å². The lowest BCUT2D eigenvalue weighted by molar-refractivity contribution is 0.0603. The van der Waals surface area contributed by atoms with Gasteiger partial charge in [-0.1, -0.05) is 0 Å². The van der Waals surface area contributed by atoms with Gasteiger partial charge >= 0.3 is 0 Å². The molecule has 1 saturated heterocycles. The van der Waals surface area contributed by atoms with Crippen molar-refractivity contribution in [2.75, 3.05) is 12.3 Å². The number of anilines is 1. The van der Waals surface area contributed by atoms with Gasteiger partial charge in [0.15, 0.2) is 5.82 Å². The summed E-state index contributed by atoms with van der Waals surface area (Å²) in [7, 11) is 0. The Bertz CT molecular complexity index is 724. The maximum absolute atomic E-state index is 12.9. The lowest BCUT2D eigenvalue weighted by Crippen LogP contribution is -2.44. The number of amides is 1. The molecule has 1 aliphatic rings. The number of aromatic nitrogens is 4. The largest absolute Gasteiger partial charge is 0.384 e.